The van der Waals surface area contributed by atoms with Gasteiger partial charge in [0.1, 0.15) is 6.61 Å². The predicted octanol–water partition coefficient (Wildman–Crippen LogP) is 1.66. The van der Waals surface area contributed by atoms with Crippen LogP contribution in [0, 0.1) is 0 Å². The molecule has 76 valence electrons. The molecule has 0 bridgehead atoms. The van der Waals surface area contributed by atoms with Crippen molar-refractivity contribution in [2.24, 2.45) is 0 Å². The van der Waals surface area contributed by atoms with Gasteiger partial charge in [-0.3, -0.25) is 4.79 Å². The van der Waals surface area contributed by atoms with Gasteiger partial charge in [0.2, 0.25) is 0 Å². The van der Waals surface area contributed by atoms with Gasteiger partial charge in [-0.1, -0.05) is 24.3 Å². The van der Waals surface area contributed by atoms with E-state index in [4.69, 9.17) is 11.6 Å². The zero-order chi connectivity index (χ0) is 10.6. The third-order valence-corrected chi connectivity index (χ3v) is 1.94. The summed E-state index contributed by atoms with van der Waals surface area (Å²) in [6, 6.07) is 0. The molecule has 0 radical (unpaired) electrons. The minimum atomic E-state index is -0.606. The van der Waals surface area contributed by atoms with Crippen molar-refractivity contribution in [2.75, 3.05) is 13.2 Å². The van der Waals surface area contributed by atoms with Gasteiger partial charge < -0.3 is 4.74 Å². The third kappa shape index (κ3) is 2.35. The zero-order valence-electron chi connectivity index (χ0n) is 7.53. The van der Waals surface area contributed by atoms with Crippen molar-refractivity contribution in [3.05, 3.63) is 23.8 Å². The highest BCUT2D eigenvalue weighted by Crippen LogP contribution is 2.10. The van der Waals surface area contributed by atoms with Crippen LogP contribution in [0.1, 0.15) is 6.42 Å². The summed E-state index contributed by atoms with van der Waals surface area (Å²) in [6.07, 6.45) is 1.32. The van der Waals surface area contributed by atoms with Gasteiger partial charge in [0.25, 0.3) is 5.91 Å². The van der Waals surface area contributed by atoms with Gasteiger partial charge in [0.05, 0.1) is 6.54 Å². The Hall–Kier alpha value is -1.29. The number of allylic oxidation sites excluding steroid dienone is 1. The van der Waals surface area contributed by atoms with Crippen LogP contribution in [-0.4, -0.2) is 30.1 Å². The van der Waals surface area contributed by atoms with Crippen LogP contribution in [0.2, 0.25) is 0 Å². The molecule has 4 nitrogen and oxygen atoms in total. The Morgan fingerprint density at radius 2 is 2.43 bits per heavy atom. The Kier molecular flexibility index (Phi) is 3.71. The highest BCUT2D eigenvalue weighted by molar-refractivity contribution is 6.25. The summed E-state index contributed by atoms with van der Waals surface area (Å²) in [4.78, 5) is 23.5. The first-order chi connectivity index (χ1) is 6.66. The van der Waals surface area contributed by atoms with Gasteiger partial charge in [-0.2, -0.15) is 0 Å². The largest absolute Gasteiger partial charge is 0.447 e. The molecule has 0 spiro atoms. The number of hydrogen-bond acceptors (Lipinski definition) is 3. The molecule has 2 amide bonds. The lowest BCUT2D eigenvalue weighted by Crippen LogP contribution is -2.32. The van der Waals surface area contributed by atoms with E-state index in [0.717, 1.165) is 4.90 Å². The van der Waals surface area contributed by atoms with Crippen LogP contribution >= 0.6 is 11.6 Å². The second kappa shape index (κ2) is 4.81. The fourth-order valence-corrected chi connectivity index (χ4v) is 1.13. The summed E-state index contributed by atoms with van der Waals surface area (Å²) in [5, 5.41) is 0. The Labute approximate surface area is 86.8 Å². The van der Waals surface area contributed by atoms with Crippen LogP contribution in [0.4, 0.5) is 4.79 Å². The van der Waals surface area contributed by atoms with E-state index in [9.17, 15) is 9.59 Å². The average molecular weight is 216 g/mol. The summed E-state index contributed by atoms with van der Waals surface area (Å²) < 4.78 is 4.62. The minimum Gasteiger partial charge on any atom is -0.447 e. The maximum Gasteiger partial charge on any atom is 0.416 e. The van der Waals surface area contributed by atoms with E-state index in [-0.39, 0.29) is 6.61 Å². The van der Waals surface area contributed by atoms with Crippen LogP contribution < -0.4 is 0 Å². The maximum atomic E-state index is 11.5. The van der Waals surface area contributed by atoms with Crippen LogP contribution in [-0.2, 0) is 9.53 Å². The van der Waals surface area contributed by atoms with Crippen molar-refractivity contribution in [1.29, 1.82) is 0 Å². The molecule has 0 aromatic carbocycles. The van der Waals surface area contributed by atoms with Crippen LogP contribution in [0.25, 0.3) is 0 Å². The molecule has 0 aliphatic carbocycles. The zero-order valence-corrected chi connectivity index (χ0v) is 8.29. The van der Waals surface area contributed by atoms with E-state index in [1.807, 2.05) is 0 Å². The Morgan fingerprint density at radius 1 is 1.71 bits per heavy atom. The topological polar surface area (TPSA) is 46.6 Å². The molecule has 1 aliphatic heterocycles. The first-order valence-electron chi connectivity index (χ1n) is 4.08. The van der Waals surface area contributed by atoms with Gasteiger partial charge in [-0.25, -0.2) is 9.69 Å². The molecule has 14 heavy (non-hydrogen) atoms. The van der Waals surface area contributed by atoms with E-state index in [2.05, 4.69) is 11.3 Å². The predicted molar refractivity (Wildman–Crippen MR) is 51.8 cm³/mol. The number of imide groups is 1. The Bertz CT molecular complexity index is 298. The minimum absolute atomic E-state index is 0.253. The van der Waals surface area contributed by atoms with Crippen molar-refractivity contribution in [2.45, 2.75) is 6.42 Å². The number of nitrogens with zero attached hydrogens (tertiary/aromatic N) is 1. The number of ether oxygens (including phenoxy) is 1. The van der Waals surface area contributed by atoms with Crippen molar-refractivity contribution in [3.8, 4) is 0 Å². The summed E-state index contributed by atoms with van der Waals surface area (Å²) in [5.41, 5.74) is 1.63. The van der Waals surface area contributed by atoms with Gasteiger partial charge >= 0.3 is 6.09 Å². The number of carbonyl (C=O) groups excluding carboxylic acids is 2. The number of halogens is 1. The SMILES string of the molecule is C=C(C/C=C\Cl)C(=O)N1CCOC1=O. The number of cyclic esters (lactones) is 1. The molecule has 0 saturated carbocycles. The first-order valence-corrected chi connectivity index (χ1v) is 4.52. The normalized spacial score (nSPS) is 16.1. The summed E-state index contributed by atoms with van der Waals surface area (Å²) in [7, 11) is 0. The third-order valence-electron chi connectivity index (χ3n) is 1.76. The van der Waals surface area contributed by atoms with Gasteiger partial charge in [0, 0.05) is 11.1 Å². The molecule has 1 saturated heterocycles. The fraction of sp³-hybridized carbons (Fsp3) is 0.333. The first kappa shape index (κ1) is 10.8. The highest BCUT2D eigenvalue weighted by Gasteiger charge is 2.29. The summed E-state index contributed by atoms with van der Waals surface area (Å²) in [5.74, 6) is -0.401. The van der Waals surface area contributed by atoms with E-state index in [0.29, 0.717) is 18.5 Å². The van der Waals surface area contributed by atoms with Crippen molar-refractivity contribution in [3.63, 3.8) is 0 Å². The van der Waals surface area contributed by atoms with Crippen LogP contribution in [0.3, 0.4) is 0 Å². The van der Waals surface area contributed by atoms with Crippen LogP contribution in [0.5, 0.6) is 0 Å². The molecule has 5 heteroatoms. The monoisotopic (exact) mass is 215 g/mol. The van der Waals surface area contributed by atoms with Crippen LogP contribution in [0.15, 0.2) is 23.8 Å². The Balaban J connectivity index is 2.56. The molecule has 1 aliphatic rings. The second-order valence-electron chi connectivity index (χ2n) is 2.74. The van der Waals surface area contributed by atoms with Gasteiger partial charge in [-0.15, -0.1) is 0 Å². The van der Waals surface area contributed by atoms with Crippen molar-refractivity contribution < 1.29 is 14.3 Å². The van der Waals surface area contributed by atoms with Gasteiger partial charge in [0.15, 0.2) is 0 Å². The maximum absolute atomic E-state index is 11.5. The lowest BCUT2D eigenvalue weighted by Gasteiger charge is -2.10. The molecule has 0 N–H and O–H groups in total. The van der Waals surface area contributed by atoms with E-state index in [1.165, 1.54) is 5.54 Å². The molecule has 0 aromatic rings. The average Bonchev–Trinajstić information content (AvgIpc) is 2.59. The lowest BCUT2D eigenvalue weighted by atomic mass is 10.2. The highest BCUT2D eigenvalue weighted by atomic mass is 35.5. The summed E-state index contributed by atoms with van der Waals surface area (Å²) >= 11 is 5.30. The molecule has 1 fully saturated rings. The van der Waals surface area contributed by atoms with Crippen molar-refractivity contribution >= 4 is 23.6 Å². The van der Waals surface area contributed by atoms with E-state index >= 15 is 0 Å². The second-order valence-corrected chi connectivity index (χ2v) is 2.99. The standard InChI is InChI=1S/C9H10ClNO3/c1-7(3-2-4-10)8(12)11-5-6-14-9(11)13/h2,4H,1,3,5-6H2/b4-2-. The number of hydrogen-bond donors (Lipinski definition) is 0. The molecule has 0 unspecified atom stereocenters. The number of rotatable bonds is 3. The fourth-order valence-electron chi connectivity index (χ4n) is 1.04. The van der Waals surface area contributed by atoms with E-state index in [1.54, 1.807) is 6.08 Å². The van der Waals surface area contributed by atoms with Gasteiger partial charge in [-0.05, 0) is 6.42 Å². The number of carbonyl (C=O) groups is 2. The molecule has 0 atom stereocenters. The summed E-state index contributed by atoms with van der Waals surface area (Å²) in [6.45, 7) is 4.11. The smallest absolute Gasteiger partial charge is 0.416 e. The Morgan fingerprint density at radius 3 is 2.93 bits per heavy atom. The molecule has 0 aromatic heterocycles. The number of amides is 2. The molecule has 1 heterocycles. The molecule has 1 rings (SSSR count). The molecular weight excluding hydrogens is 206 g/mol. The lowest BCUT2D eigenvalue weighted by molar-refractivity contribution is -0.123. The van der Waals surface area contributed by atoms with E-state index < -0.39 is 12.0 Å². The quantitative estimate of drug-likeness (QED) is 0.673. The molecular formula is C9H10ClNO3. The van der Waals surface area contributed by atoms with Crippen molar-refractivity contribution in [1.82, 2.24) is 4.90 Å².